The molecule has 0 spiro atoms. The van der Waals surface area contributed by atoms with Crippen molar-refractivity contribution in [2.24, 2.45) is 0 Å². The second kappa shape index (κ2) is 5.88. The van der Waals surface area contributed by atoms with Crippen molar-refractivity contribution in [1.82, 2.24) is 14.5 Å². The number of hydrogen-bond acceptors (Lipinski definition) is 3. The summed E-state index contributed by atoms with van der Waals surface area (Å²) < 4.78 is 15.9. The number of aromatic nitrogens is 3. The van der Waals surface area contributed by atoms with Gasteiger partial charge < -0.3 is 14.9 Å². The predicted octanol–water partition coefficient (Wildman–Crippen LogP) is 2.26. The third-order valence-electron chi connectivity index (χ3n) is 3.34. The van der Waals surface area contributed by atoms with Gasteiger partial charge in [0.2, 0.25) is 5.56 Å². The van der Waals surface area contributed by atoms with Crippen molar-refractivity contribution in [3.05, 3.63) is 76.5 Å². The minimum atomic E-state index is -0.481. The molecule has 2 heterocycles. The maximum atomic E-state index is 14.3. The third kappa shape index (κ3) is 3.03. The first-order valence-electron chi connectivity index (χ1n) is 6.84. The Kier molecular flexibility index (Phi) is 3.76. The van der Waals surface area contributed by atoms with Crippen LogP contribution in [0.3, 0.4) is 0 Å². The summed E-state index contributed by atoms with van der Waals surface area (Å²) in [5.74, 6) is -0.258. The maximum absolute atomic E-state index is 14.3. The fourth-order valence-electron chi connectivity index (χ4n) is 2.17. The largest absolute Gasteiger partial charge is 0.328 e. The minimum absolute atomic E-state index is 0.277. The molecule has 0 aliphatic rings. The number of hydrogen-bond donors (Lipinski definition) is 2. The lowest BCUT2D eigenvalue weighted by Gasteiger charge is -2.09. The Hall–Kier alpha value is -3.22. The molecule has 0 fully saturated rings. The van der Waals surface area contributed by atoms with Gasteiger partial charge in [-0.25, -0.2) is 9.37 Å². The Morgan fingerprint density at radius 2 is 2.13 bits per heavy atom. The Balaban J connectivity index is 1.83. The first-order chi connectivity index (χ1) is 11.0. The molecule has 0 atom stereocenters. The Labute approximate surface area is 130 Å². The summed E-state index contributed by atoms with van der Waals surface area (Å²) in [6.45, 7) is 1.77. The molecule has 2 N–H and O–H groups in total. The zero-order valence-electron chi connectivity index (χ0n) is 12.2. The van der Waals surface area contributed by atoms with E-state index < -0.39 is 11.7 Å². The molecule has 7 heteroatoms. The molecule has 23 heavy (non-hydrogen) atoms. The van der Waals surface area contributed by atoms with E-state index in [0.29, 0.717) is 17.2 Å². The summed E-state index contributed by atoms with van der Waals surface area (Å²) >= 11 is 0. The average molecular weight is 312 g/mol. The van der Waals surface area contributed by atoms with Crippen LogP contribution in [0.25, 0.3) is 5.69 Å². The summed E-state index contributed by atoms with van der Waals surface area (Å²) in [4.78, 5) is 29.5. The van der Waals surface area contributed by atoms with Crippen molar-refractivity contribution >= 4 is 11.6 Å². The molecule has 0 bridgehead atoms. The number of aromatic amines is 1. The van der Waals surface area contributed by atoms with Gasteiger partial charge in [-0.2, -0.15) is 0 Å². The minimum Gasteiger partial charge on any atom is -0.328 e. The molecule has 1 amide bonds. The van der Waals surface area contributed by atoms with E-state index in [9.17, 15) is 14.0 Å². The third-order valence-corrected chi connectivity index (χ3v) is 3.34. The van der Waals surface area contributed by atoms with Crippen molar-refractivity contribution in [2.75, 3.05) is 5.32 Å². The van der Waals surface area contributed by atoms with E-state index in [0.717, 1.165) is 0 Å². The number of amides is 1. The number of rotatable bonds is 3. The van der Waals surface area contributed by atoms with Gasteiger partial charge in [0.1, 0.15) is 11.6 Å². The van der Waals surface area contributed by atoms with Crippen LogP contribution < -0.4 is 10.9 Å². The number of benzene rings is 1. The molecule has 0 radical (unpaired) electrons. The lowest BCUT2D eigenvalue weighted by atomic mass is 10.2. The van der Waals surface area contributed by atoms with Crippen LogP contribution in [0.2, 0.25) is 0 Å². The van der Waals surface area contributed by atoms with E-state index in [-0.39, 0.29) is 11.1 Å². The van der Waals surface area contributed by atoms with E-state index in [2.05, 4.69) is 15.3 Å². The predicted molar refractivity (Wildman–Crippen MR) is 83.3 cm³/mol. The number of halogens is 1. The first kappa shape index (κ1) is 14.7. The second-order valence-electron chi connectivity index (χ2n) is 4.91. The first-order valence-corrected chi connectivity index (χ1v) is 6.84. The lowest BCUT2D eigenvalue weighted by molar-refractivity contribution is 0.102. The number of aryl methyl sites for hydroxylation is 1. The van der Waals surface area contributed by atoms with Crippen molar-refractivity contribution in [2.45, 2.75) is 6.92 Å². The number of carbonyl (C=O) groups is 1. The van der Waals surface area contributed by atoms with Crippen LogP contribution in [0.15, 0.2) is 53.7 Å². The highest BCUT2D eigenvalue weighted by Crippen LogP contribution is 2.19. The number of anilines is 1. The van der Waals surface area contributed by atoms with Gasteiger partial charge in [-0.05, 0) is 31.2 Å². The summed E-state index contributed by atoms with van der Waals surface area (Å²) in [6, 6.07) is 7.04. The zero-order valence-corrected chi connectivity index (χ0v) is 12.2. The SMILES string of the molecule is Cc1nccn1-c1ccc(NC(=O)c2ccc(=O)[nH]c2)cc1F. The molecule has 3 aromatic rings. The van der Waals surface area contributed by atoms with E-state index in [4.69, 9.17) is 0 Å². The molecule has 116 valence electrons. The van der Waals surface area contributed by atoms with E-state index in [1.54, 1.807) is 36.0 Å². The maximum Gasteiger partial charge on any atom is 0.257 e. The Bertz CT molecular complexity index is 909. The monoisotopic (exact) mass is 312 g/mol. The van der Waals surface area contributed by atoms with E-state index in [1.165, 1.54) is 24.4 Å². The van der Waals surface area contributed by atoms with Crippen LogP contribution in [-0.4, -0.2) is 20.4 Å². The highest BCUT2D eigenvalue weighted by atomic mass is 19.1. The molecular formula is C16H13FN4O2. The summed E-state index contributed by atoms with van der Waals surface area (Å²) in [5, 5.41) is 2.58. The molecule has 0 saturated heterocycles. The molecule has 0 unspecified atom stereocenters. The van der Waals surface area contributed by atoms with Crippen LogP contribution in [0.1, 0.15) is 16.2 Å². The van der Waals surface area contributed by atoms with Crippen LogP contribution in [0.4, 0.5) is 10.1 Å². The Morgan fingerprint density at radius 1 is 1.30 bits per heavy atom. The summed E-state index contributed by atoms with van der Waals surface area (Å²) in [5.41, 5.74) is 0.648. The Morgan fingerprint density at radius 3 is 2.74 bits per heavy atom. The average Bonchev–Trinajstić information content (AvgIpc) is 2.94. The van der Waals surface area contributed by atoms with Gasteiger partial charge in [0.25, 0.3) is 5.91 Å². The molecule has 0 saturated carbocycles. The zero-order chi connectivity index (χ0) is 16.4. The number of pyridine rings is 1. The number of imidazole rings is 1. The quantitative estimate of drug-likeness (QED) is 0.778. The van der Waals surface area contributed by atoms with Crippen molar-refractivity contribution in [1.29, 1.82) is 0 Å². The molecule has 6 nitrogen and oxygen atoms in total. The molecule has 3 rings (SSSR count). The second-order valence-corrected chi connectivity index (χ2v) is 4.91. The van der Waals surface area contributed by atoms with Crippen LogP contribution in [-0.2, 0) is 0 Å². The van der Waals surface area contributed by atoms with Gasteiger partial charge in [-0.3, -0.25) is 9.59 Å². The van der Waals surface area contributed by atoms with Gasteiger partial charge in [0, 0.05) is 30.3 Å². The van der Waals surface area contributed by atoms with E-state index >= 15 is 0 Å². The van der Waals surface area contributed by atoms with Crippen LogP contribution in [0, 0.1) is 12.7 Å². The smallest absolute Gasteiger partial charge is 0.257 e. The van der Waals surface area contributed by atoms with Gasteiger partial charge in [0.15, 0.2) is 0 Å². The standard InChI is InChI=1S/C16H13FN4O2/c1-10-18-6-7-21(10)14-4-3-12(8-13(14)17)20-16(23)11-2-5-15(22)19-9-11/h2-9H,1H3,(H,19,22)(H,20,23). The fourth-order valence-corrected chi connectivity index (χ4v) is 2.17. The van der Waals surface area contributed by atoms with Gasteiger partial charge in [-0.15, -0.1) is 0 Å². The van der Waals surface area contributed by atoms with Crippen molar-refractivity contribution in [3.8, 4) is 5.69 Å². The molecular weight excluding hydrogens is 299 g/mol. The summed E-state index contributed by atoms with van der Waals surface area (Å²) in [6.07, 6.45) is 4.55. The molecule has 0 aliphatic heterocycles. The number of nitrogens with one attached hydrogen (secondary N) is 2. The van der Waals surface area contributed by atoms with Gasteiger partial charge in [-0.1, -0.05) is 0 Å². The fraction of sp³-hybridized carbons (Fsp3) is 0.0625. The normalized spacial score (nSPS) is 10.5. The number of H-pyrrole nitrogens is 1. The van der Waals surface area contributed by atoms with Gasteiger partial charge in [0.05, 0.1) is 11.3 Å². The van der Waals surface area contributed by atoms with Crippen LogP contribution in [0.5, 0.6) is 0 Å². The highest BCUT2D eigenvalue weighted by Gasteiger charge is 2.10. The number of carbonyl (C=O) groups excluding carboxylic acids is 1. The number of nitrogens with zero attached hydrogens (tertiary/aromatic N) is 2. The summed E-state index contributed by atoms with van der Waals surface area (Å²) in [7, 11) is 0. The van der Waals surface area contributed by atoms with Crippen LogP contribution >= 0.6 is 0 Å². The molecule has 0 aliphatic carbocycles. The van der Waals surface area contributed by atoms with E-state index in [1.807, 2.05) is 0 Å². The van der Waals surface area contributed by atoms with Crippen molar-refractivity contribution < 1.29 is 9.18 Å². The van der Waals surface area contributed by atoms with Crippen molar-refractivity contribution in [3.63, 3.8) is 0 Å². The van der Waals surface area contributed by atoms with Gasteiger partial charge >= 0.3 is 0 Å². The lowest BCUT2D eigenvalue weighted by Crippen LogP contribution is -2.14. The molecule has 2 aromatic heterocycles. The molecule has 1 aromatic carbocycles. The topological polar surface area (TPSA) is 79.8 Å². The highest BCUT2D eigenvalue weighted by molar-refractivity contribution is 6.04.